The number of likely N-dealkylation sites (N-methyl/N-ethyl adjacent to an activating group) is 1. The average molecular weight is 301 g/mol. The summed E-state index contributed by atoms with van der Waals surface area (Å²) < 4.78 is 0. The van der Waals surface area contributed by atoms with Crippen molar-refractivity contribution in [3.8, 4) is 0 Å². The molecule has 0 bridgehead atoms. The molecule has 0 saturated heterocycles. The van der Waals surface area contributed by atoms with Crippen LogP contribution in [-0.4, -0.2) is 31.1 Å². The SMILES string of the molecule is CN(C)C1(CNCc2c(Cl)cccc2Cl)CCCC1. The zero-order valence-electron chi connectivity index (χ0n) is 11.7. The van der Waals surface area contributed by atoms with E-state index in [1.807, 2.05) is 18.2 Å². The van der Waals surface area contributed by atoms with Crippen LogP contribution in [-0.2, 0) is 6.54 Å². The average Bonchev–Trinajstić information content (AvgIpc) is 2.83. The summed E-state index contributed by atoms with van der Waals surface area (Å²) in [5, 5.41) is 5.02. The van der Waals surface area contributed by atoms with E-state index in [9.17, 15) is 0 Å². The highest BCUT2D eigenvalue weighted by Gasteiger charge is 2.35. The molecule has 1 saturated carbocycles. The number of halogens is 2. The smallest absolute Gasteiger partial charge is 0.0465 e. The van der Waals surface area contributed by atoms with Crippen molar-refractivity contribution in [1.29, 1.82) is 0 Å². The monoisotopic (exact) mass is 300 g/mol. The highest BCUT2D eigenvalue weighted by molar-refractivity contribution is 6.35. The largest absolute Gasteiger partial charge is 0.311 e. The van der Waals surface area contributed by atoms with Crippen molar-refractivity contribution in [2.45, 2.75) is 37.8 Å². The zero-order chi connectivity index (χ0) is 13.9. The maximum Gasteiger partial charge on any atom is 0.0465 e. The van der Waals surface area contributed by atoms with Crippen molar-refractivity contribution < 1.29 is 0 Å². The number of nitrogens with one attached hydrogen (secondary N) is 1. The van der Waals surface area contributed by atoms with Crippen LogP contribution in [0.4, 0.5) is 0 Å². The Morgan fingerprint density at radius 1 is 1.16 bits per heavy atom. The van der Waals surface area contributed by atoms with E-state index in [0.717, 1.165) is 28.7 Å². The fourth-order valence-corrected chi connectivity index (χ4v) is 3.47. The van der Waals surface area contributed by atoms with Gasteiger partial charge in [-0.15, -0.1) is 0 Å². The van der Waals surface area contributed by atoms with Crippen molar-refractivity contribution in [1.82, 2.24) is 10.2 Å². The van der Waals surface area contributed by atoms with Crippen LogP contribution in [0, 0.1) is 0 Å². The van der Waals surface area contributed by atoms with Crippen LogP contribution in [0.5, 0.6) is 0 Å². The minimum Gasteiger partial charge on any atom is -0.311 e. The minimum atomic E-state index is 0.299. The van der Waals surface area contributed by atoms with Crippen LogP contribution < -0.4 is 5.32 Å². The van der Waals surface area contributed by atoms with Crippen molar-refractivity contribution in [3.63, 3.8) is 0 Å². The lowest BCUT2D eigenvalue weighted by molar-refractivity contribution is 0.153. The van der Waals surface area contributed by atoms with Gasteiger partial charge in [0.05, 0.1) is 0 Å². The highest BCUT2D eigenvalue weighted by atomic mass is 35.5. The zero-order valence-corrected chi connectivity index (χ0v) is 13.2. The Hall–Kier alpha value is -0.280. The fourth-order valence-electron chi connectivity index (χ4n) is 2.94. The summed E-state index contributed by atoms with van der Waals surface area (Å²) in [4.78, 5) is 2.36. The summed E-state index contributed by atoms with van der Waals surface area (Å²) in [6.07, 6.45) is 5.19. The first kappa shape index (κ1) is 15.1. The van der Waals surface area contributed by atoms with E-state index in [1.54, 1.807) is 0 Å². The first-order valence-electron chi connectivity index (χ1n) is 6.86. The maximum absolute atomic E-state index is 6.19. The second kappa shape index (κ2) is 6.45. The summed E-state index contributed by atoms with van der Waals surface area (Å²) in [6, 6.07) is 5.66. The summed E-state index contributed by atoms with van der Waals surface area (Å²) in [5.41, 5.74) is 1.30. The molecule has 4 heteroatoms. The number of nitrogens with zero attached hydrogens (tertiary/aromatic N) is 1. The summed E-state index contributed by atoms with van der Waals surface area (Å²) in [6.45, 7) is 1.72. The molecule has 106 valence electrons. The number of hydrogen-bond donors (Lipinski definition) is 1. The fraction of sp³-hybridized carbons (Fsp3) is 0.600. The van der Waals surface area contributed by atoms with E-state index >= 15 is 0 Å². The van der Waals surface area contributed by atoms with Gasteiger partial charge in [0.15, 0.2) is 0 Å². The van der Waals surface area contributed by atoms with Gasteiger partial charge in [0.1, 0.15) is 0 Å². The molecule has 0 radical (unpaired) electrons. The maximum atomic E-state index is 6.19. The molecule has 1 fully saturated rings. The summed E-state index contributed by atoms with van der Waals surface area (Å²) in [7, 11) is 4.35. The molecule has 1 aliphatic carbocycles. The van der Waals surface area contributed by atoms with Crippen molar-refractivity contribution in [2.75, 3.05) is 20.6 Å². The Labute approximate surface area is 126 Å². The summed E-state index contributed by atoms with van der Waals surface area (Å²) >= 11 is 12.4. The lowest BCUT2D eigenvalue weighted by atomic mass is 9.96. The molecule has 2 rings (SSSR count). The van der Waals surface area contributed by atoms with Crippen LogP contribution >= 0.6 is 23.2 Å². The van der Waals surface area contributed by atoms with Crippen molar-refractivity contribution in [2.24, 2.45) is 0 Å². The molecule has 1 aromatic carbocycles. The third-order valence-electron chi connectivity index (χ3n) is 4.30. The van der Waals surface area contributed by atoms with Gasteiger partial charge in [-0.1, -0.05) is 42.1 Å². The molecule has 1 aromatic rings. The minimum absolute atomic E-state index is 0.299. The molecular formula is C15H22Cl2N2. The Bertz CT molecular complexity index is 406. The van der Waals surface area contributed by atoms with Crippen molar-refractivity contribution >= 4 is 23.2 Å². The second-order valence-corrected chi connectivity index (χ2v) is 6.44. The lowest BCUT2D eigenvalue weighted by Crippen LogP contribution is -2.49. The van der Waals surface area contributed by atoms with E-state index in [0.29, 0.717) is 5.54 Å². The molecule has 1 aliphatic rings. The molecule has 0 aliphatic heterocycles. The molecule has 0 spiro atoms. The highest BCUT2D eigenvalue weighted by Crippen LogP contribution is 2.33. The van der Waals surface area contributed by atoms with Gasteiger partial charge >= 0.3 is 0 Å². The number of benzene rings is 1. The molecule has 2 nitrogen and oxygen atoms in total. The predicted molar refractivity (Wildman–Crippen MR) is 83.1 cm³/mol. The van der Waals surface area contributed by atoms with Gasteiger partial charge < -0.3 is 10.2 Å². The molecule has 19 heavy (non-hydrogen) atoms. The van der Waals surface area contributed by atoms with Gasteiger partial charge in [0, 0.05) is 34.2 Å². The standard InChI is InChI=1S/C15H22Cl2N2/c1-19(2)15(8-3-4-9-15)11-18-10-12-13(16)6-5-7-14(12)17/h5-7,18H,3-4,8-11H2,1-2H3. The normalized spacial score (nSPS) is 18.2. The quantitative estimate of drug-likeness (QED) is 0.885. The Kier molecular flexibility index (Phi) is 5.13. The van der Waals surface area contributed by atoms with Crippen LogP contribution in [0.3, 0.4) is 0 Å². The molecular weight excluding hydrogens is 279 g/mol. The third kappa shape index (κ3) is 3.43. The topological polar surface area (TPSA) is 15.3 Å². The van der Waals surface area contributed by atoms with Gasteiger partial charge in [-0.2, -0.15) is 0 Å². The lowest BCUT2D eigenvalue weighted by Gasteiger charge is -2.36. The van der Waals surface area contributed by atoms with E-state index in [2.05, 4.69) is 24.3 Å². The Morgan fingerprint density at radius 2 is 1.74 bits per heavy atom. The number of hydrogen-bond acceptors (Lipinski definition) is 2. The van der Waals surface area contributed by atoms with Crippen LogP contribution in [0.15, 0.2) is 18.2 Å². The van der Waals surface area contributed by atoms with Gasteiger partial charge in [-0.3, -0.25) is 0 Å². The Morgan fingerprint density at radius 3 is 2.26 bits per heavy atom. The van der Waals surface area contributed by atoms with Crippen molar-refractivity contribution in [3.05, 3.63) is 33.8 Å². The van der Waals surface area contributed by atoms with Gasteiger partial charge in [0.2, 0.25) is 0 Å². The first-order chi connectivity index (χ1) is 9.05. The molecule has 0 amide bonds. The van der Waals surface area contributed by atoms with Gasteiger partial charge in [0.25, 0.3) is 0 Å². The van der Waals surface area contributed by atoms with Crippen LogP contribution in [0.1, 0.15) is 31.2 Å². The molecule has 0 atom stereocenters. The Balaban J connectivity index is 1.96. The van der Waals surface area contributed by atoms with E-state index in [1.165, 1.54) is 25.7 Å². The molecule has 1 N–H and O–H groups in total. The van der Waals surface area contributed by atoms with E-state index in [-0.39, 0.29) is 0 Å². The van der Waals surface area contributed by atoms with Crippen LogP contribution in [0.25, 0.3) is 0 Å². The first-order valence-corrected chi connectivity index (χ1v) is 7.62. The van der Waals surface area contributed by atoms with Crippen LogP contribution in [0.2, 0.25) is 10.0 Å². The van der Waals surface area contributed by atoms with E-state index < -0.39 is 0 Å². The molecule has 0 aromatic heterocycles. The molecule has 0 heterocycles. The van der Waals surface area contributed by atoms with Gasteiger partial charge in [-0.25, -0.2) is 0 Å². The van der Waals surface area contributed by atoms with Gasteiger partial charge in [-0.05, 0) is 39.1 Å². The molecule has 0 unspecified atom stereocenters. The third-order valence-corrected chi connectivity index (χ3v) is 5.01. The summed E-state index contributed by atoms with van der Waals surface area (Å²) in [5.74, 6) is 0. The second-order valence-electron chi connectivity index (χ2n) is 5.63. The predicted octanol–water partition coefficient (Wildman–Crippen LogP) is 3.96. The number of rotatable bonds is 5. The van der Waals surface area contributed by atoms with E-state index in [4.69, 9.17) is 23.2 Å².